The minimum atomic E-state index is -0.301. The summed E-state index contributed by atoms with van der Waals surface area (Å²) >= 11 is 0. The van der Waals surface area contributed by atoms with E-state index in [1.54, 1.807) is 31.4 Å². The maximum absolute atomic E-state index is 13.2. The highest BCUT2D eigenvalue weighted by Gasteiger charge is 2.27. The van der Waals surface area contributed by atoms with Gasteiger partial charge >= 0.3 is 6.03 Å². The number of ether oxygens (including phenoxy) is 1. The highest BCUT2D eigenvalue weighted by molar-refractivity contribution is 6.08. The topological polar surface area (TPSA) is 73.9 Å². The lowest BCUT2D eigenvalue weighted by Crippen LogP contribution is -2.38. The van der Waals surface area contributed by atoms with Crippen molar-refractivity contribution in [2.45, 2.75) is 25.3 Å². The number of benzene rings is 3. The van der Waals surface area contributed by atoms with Gasteiger partial charge in [-0.2, -0.15) is 0 Å². The van der Waals surface area contributed by atoms with Crippen molar-refractivity contribution >= 4 is 23.3 Å². The normalized spacial score (nSPS) is 15.9. The monoisotopic (exact) mass is 484 g/mol. The Morgan fingerprint density at radius 1 is 0.944 bits per heavy atom. The molecule has 2 N–H and O–H groups in total. The molecule has 0 saturated carbocycles. The number of carbonyl (C=O) groups is 2. The van der Waals surface area contributed by atoms with Crippen molar-refractivity contribution < 1.29 is 14.3 Å². The summed E-state index contributed by atoms with van der Waals surface area (Å²) in [5, 5.41) is 5.93. The van der Waals surface area contributed by atoms with E-state index < -0.39 is 0 Å². The minimum absolute atomic E-state index is 0.0255. The zero-order chi connectivity index (χ0) is 24.9. The summed E-state index contributed by atoms with van der Waals surface area (Å²) in [7, 11) is 1.68. The average Bonchev–Trinajstić information content (AvgIpc) is 3.59. The van der Waals surface area contributed by atoms with Crippen LogP contribution in [0.5, 0.6) is 5.75 Å². The standard InChI is InChI=1S/C29H32N4O3/c1-36-27-14-5-3-12-24(27)26(32-16-6-7-17-32)20-30-29(35)31-23-11-8-10-22(19-23)28(34)33-18-15-21-9-2-4-13-25(21)33/h2-5,8-14,19,26H,6-7,15-18,20H2,1H3,(H2,30,31,35). The van der Waals surface area contributed by atoms with Crippen LogP contribution in [0.15, 0.2) is 72.8 Å². The summed E-state index contributed by atoms with van der Waals surface area (Å²) in [6.45, 7) is 3.11. The second-order valence-electron chi connectivity index (χ2n) is 9.25. The van der Waals surface area contributed by atoms with Gasteiger partial charge in [-0.15, -0.1) is 0 Å². The van der Waals surface area contributed by atoms with Gasteiger partial charge in [0.05, 0.1) is 13.2 Å². The molecule has 0 aromatic heterocycles. The number of nitrogens with zero attached hydrogens (tertiary/aromatic N) is 2. The summed E-state index contributed by atoms with van der Waals surface area (Å²) < 4.78 is 5.60. The maximum Gasteiger partial charge on any atom is 0.319 e. The van der Waals surface area contributed by atoms with E-state index in [1.807, 2.05) is 41.3 Å². The van der Waals surface area contributed by atoms with Gasteiger partial charge in [0.15, 0.2) is 0 Å². The number of hydrogen-bond donors (Lipinski definition) is 2. The molecule has 0 radical (unpaired) electrons. The van der Waals surface area contributed by atoms with Crippen LogP contribution in [-0.2, 0) is 6.42 Å². The Hall–Kier alpha value is -3.84. The molecule has 186 valence electrons. The fraction of sp³-hybridized carbons (Fsp3) is 0.310. The van der Waals surface area contributed by atoms with E-state index in [4.69, 9.17) is 4.74 Å². The Labute approximate surface area is 212 Å². The molecule has 2 aliphatic heterocycles. The van der Waals surface area contributed by atoms with E-state index in [1.165, 1.54) is 5.56 Å². The number of rotatable bonds is 7. The molecule has 3 aromatic rings. The Bertz CT molecular complexity index is 1240. The first-order valence-electron chi connectivity index (χ1n) is 12.6. The largest absolute Gasteiger partial charge is 0.496 e. The van der Waals surface area contributed by atoms with Crippen molar-refractivity contribution in [1.82, 2.24) is 10.2 Å². The number of carbonyl (C=O) groups excluding carboxylic acids is 2. The number of amides is 3. The molecule has 3 aromatic carbocycles. The first kappa shape index (κ1) is 23.9. The first-order valence-corrected chi connectivity index (χ1v) is 12.6. The van der Waals surface area contributed by atoms with E-state index in [2.05, 4.69) is 27.7 Å². The van der Waals surface area contributed by atoms with Gasteiger partial charge < -0.3 is 20.3 Å². The number of para-hydroxylation sites is 2. The van der Waals surface area contributed by atoms with Gasteiger partial charge in [0.1, 0.15) is 5.75 Å². The predicted octanol–water partition coefficient (Wildman–Crippen LogP) is 4.86. The van der Waals surface area contributed by atoms with Crippen LogP contribution >= 0.6 is 0 Å². The number of fused-ring (bicyclic) bond motifs is 1. The lowest BCUT2D eigenvalue weighted by molar-refractivity contribution is 0.0989. The lowest BCUT2D eigenvalue weighted by Gasteiger charge is -2.29. The molecule has 1 unspecified atom stereocenters. The van der Waals surface area contributed by atoms with Crippen LogP contribution in [0.4, 0.5) is 16.2 Å². The van der Waals surface area contributed by atoms with Crippen molar-refractivity contribution in [2.24, 2.45) is 0 Å². The molecular formula is C29H32N4O3. The first-order chi connectivity index (χ1) is 17.6. The number of hydrogen-bond acceptors (Lipinski definition) is 4. The Morgan fingerprint density at radius 2 is 1.72 bits per heavy atom. The van der Waals surface area contributed by atoms with Crippen LogP contribution in [0.25, 0.3) is 0 Å². The number of anilines is 2. The molecule has 0 aliphatic carbocycles. The summed E-state index contributed by atoms with van der Waals surface area (Å²) in [5.41, 5.74) is 4.35. The number of likely N-dealkylation sites (tertiary alicyclic amines) is 1. The Balaban J connectivity index is 1.25. The van der Waals surface area contributed by atoms with E-state index in [0.717, 1.165) is 49.4 Å². The molecule has 5 rings (SSSR count). The van der Waals surface area contributed by atoms with Crippen LogP contribution < -0.4 is 20.3 Å². The molecule has 0 spiro atoms. The van der Waals surface area contributed by atoms with Crippen molar-refractivity contribution in [3.63, 3.8) is 0 Å². The van der Waals surface area contributed by atoms with E-state index in [-0.39, 0.29) is 18.0 Å². The highest BCUT2D eigenvalue weighted by atomic mass is 16.5. The van der Waals surface area contributed by atoms with Crippen LogP contribution in [0.2, 0.25) is 0 Å². The zero-order valence-corrected chi connectivity index (χ0v) is 20.6. The third-order valence-corrected chi connectivity index (χ3v) is 7.04. The molecule has 1 atom stereocenters. The van der Waals surface area contributed by atoms with Gasteiger partial charge in [-0.1, -0.05) is 42.5 Å². The van der Waals surface area contributed by atoms with E-state index in [0.29, 0.717) is 24.3 Å². The molecule has 3 amide bonds. The van der Waals surface area contributed by atoms with Gasteiger partial charge in [0, 0.05) is 35.6 Å². The van der Waals surface area contributed by atoms with Gasteiger partial charge in [0.2, 0.25) is 0 Å². The van der Waals surface area contributed by atoms with E-state index in [9.17, 15) is 9.59 Å². The second-order valence-corrected chi connectivity index (χ2v) is 9.25. The maximum atomic E-state index is 13.2. The molecule has 7 heteroatoms. The molecule has 1 fully saturated rings. The van der Waals surface area contributed by atoms with Crippen molar-refractivity contribution in [1.29, 1.82) is 0 Å². The number of nitrogens with one attached hydrogen (secondary N) is 2. The molecule has 2 aliphatic rings. The van der Waals surface area contributed by atoms with Crippen LogP contribution in [0.3, 0.4) is 0 Å². The van der Waals surface area contributed by atoms with Gasteiger partial charge in [0.25, 0.3) is 5.91 Å². The van der Waals surface area contributed by atoms with Gasteiger partial charge in [-0.05, 0) is 68.2 Å². The Morgan fingerprint density at radius 3 is 2.56 bits per heavy atom. The van der Waals surface area contributed by atoms with Crippen LogP contribution in [0, 0.1) is 0 Å². The zero-order valence-electron chi connectivity index (χ0n) is 20.6. The lowest BCUT2D eigenvalue weighted by atomic mass is 10.0. The summed E-state index contributed by atoms with van der Waals surface area (Å²) in [6.07, 6.45) is 3.16. The van der Waals surface area contributed by atoms with Crippen LogP contribution in [-0.4, -0.2) is 50.1 Å². The average molecular weight is 485 g/mol. The predicted molar refractivity (Wildman–Crippen MR) is 142 cm³/mol. The van der Waals surface area contributed by atoms with E-state index >= 15 is 0 Å². The smallest absolute Gasteiger partial charge is 0.319 e. The number of methoxy groups -OCH3 is 1. The van der Waals surface area contributed by atoms with Crippen molar-refractivity contribution in [3.05, 3.63) is 89.5 Å². The summed E-state index contributed by atoms with van der Waals surface area (Å²) in [4.78, 5) is 30.3. The van der Waals surface area contributed by atoms with Gasteiger partial charge in [-0.3, -0.25) is 9.69 Å². The van der Waals surface area contributed by atoms with Crippen LogP contribution in [0.1, 0.15) is 40.4 Å². The molecular weight excluding hydrogens is 452 g/mol. The minimum Gasteiger partial charge on any atom is -0.496 e. The molecule has 36 heavy (non-hydrogen) atoms. The number of urea groups is 1. The second kappa shape index (κ2) is 10.8. The molecule has 7 nitrogen and oxygen atoms in total. The fourth-order valence-corrected chi connectivity index (χ4v) is 5.23. The Kier molecular flexibility index (Phi) is 7.18. The third kappa shape index (κ3) is 5.06. The highest BCUT2D eigenvalue weighted by Crippen LogP contribution is 2.32. The summed E-state index contributed by atoms with van der Waals surface area (Å²) in [6, 6.07) is 22.8. The fourth-order valence-electron chi connectivity index (χ4n) is 5.23. The molecule has 1 saturated heterocycles. The van der Waals surface area contributed by atoms with Crippen molar-refractivity contribution in [3.8, 4) is 5.75 Å². The quantitative estimate of drug-likeness (QED) is 0.503. The van der Waals surface area contributed by atoms with Gasteiger partial charge in [-0.25, -0.2) is 4.79 Å². The molecule has 2 heterocycles. The third-order valence-electron chi connectivity index (χ3n) is 7.04. The SMILES string of the molecule is COc1ccccc1C(CNC(=O)Nc1cccc(C(=O)N2CCc3ccccc32)c1)N1CCCC1. The van der Waals surface area contributed by atoms with Crippen molar-refractivity contribution in [2.75, 3.05) is 43.5 Å². The molecule has 0 bridgehead atoms. The summed E-state index contributed by atoms with van der Waals surface area (Å²) in [5.74, 6) is 0.764.